The van der Waals surface area contributed by atoms with E-state index in [1.54, 1.807) is 26.8 Å². The molecule has 0 aliphatic heterocycles. The Bertz CT molecular complexity index is 1500. The van der Waals surface area contributed by atoms with E-state index in [2.05, 4.69) is 15.5 Å². The molecule has 0 fully saturated rings. The molecule has 0 saturated carbocycles. The summed E-state index contributed by atoms with van der Waals surface area (Å²) in [6, 6.07) is 13.7. The van der Waals surface area contributed by atoms with Crippen LogP contribution >= 0.6 is 11.3 Å². The van der Waals surface area contributed by atoms with Crippen LogP contribution in [-0.2, 0) is 20.7 Å². The van der Waals surface area contributed by atoms with Gasteiger partial charge in [-0.25, -0.2) is 9.18 Å². The van der Waals surface area contributed by atoms with Gasteiger partial charge in [-0.3, -0.25) is 4.79 Å². The topological polar surface area (TPSA) is 126 Å². The quantitative estimate of drug-likeness (QED) is 0.242. The fraction of sp³-hybridized carbons (Fsp3) is 0.310. The first kappa shape index (κ1) is 28.9. The molecule has 2 aromatic heterocycles. The van der Waals surface area contributed by atoms with Crippen molar-refractivity contribution in [1.82, 2.24) is 15.5 Å². The van der Waals surface area contributed by atoms with Crippen molar-refractivity contribution >= 4 is 33.4 Å². The Balaban J connectivity index is 1.45. The molecule has 0 bridgehead atoms. The maximum Gasteiger partial charge on any atom is 0.407 e. The molecule has 9 nitrogen and oxygen atoms in total. The molecule has 11 heteroatoms. The van der Waals surface area contributed by atoms with E-state index in [1.165, 1.54) is 23.5 Å². The molecule has 40 heavy (non-hydrogen) atoms. The molecule has 2 aromatic carbocycles. The Morgan fingerprint density at radius 1 is 1.02 bits per heavy atom. The molecular formula is C29H31FN4O5S. The first-order valence-electron chi connectivity index (χ1n) is 12.7. The smallest absolute Gasteiger partial charge is 0.407 e. The zero-order chi connectivity index (χ0) is 28.7. The van der Waals surface area contributed by atoms with Gasteiger partial charge in [0, 0.05) is 29.1 Å². The minimum Gasteiger partial charge on any atom is -0.490 e. The summed E-state index contributed by atoms with van der Waals surface area (Å²) in [6.07, 6.45) is -0.381. The van der Waals surface area contributed by atoms with Crippen LogP contribution in [-0.4, -0.2) is 54.2 Å². The molecule has 210 valence electrons. The average Bonchev–Trinajstić information content (AvgIpc) is 3.37. The van der Waals surface area contributed by atoms with Crippen LogP contribution in [0.15, 0.2) is 53.9 Å². The fourth-order valence-corrected chi connectivity index (χ4v) is 4.86. The maximum absolute atomic E-state index is 14.2. The number of hydrogen-bond acceptors (Lipinski definition) is 8. The lowest BCUT2D eigenvalue weighted by molar-refractivity contribution is -0.117. The number of primary amides is 1. The van der Waals surface area contributed by atoms with Gasteiger partial charge in [0.2, 0.25) is 5.91 Å². The Morgan fingerprint density at radius 2 is 1.82 bits per heavy atom. The minimum absolute atomic E-state index is 0.131. The summed E-state index contributed by atoms with van der Waals surface area (Å²) in [6.45, 7) is 6.30. The molecule has 0 saturated heterocycles. The van der Waals surface area contributed by atoms with Gasteiger partial charge in [0.15, 0.2) is 0 Å². The van der Waals surface area contributed by atoms with Crippen molar-refractivity contribution in [3.8, 4) is 28.3 Å². The number of fused-ring (bicyclic) bond motifs is 1. The van der Waals surface area contributed by atoms with E-state index in [0.29, 0.717) is 22.7 Å². The molecule has 0 unspecified atom stereocenters. The van der Waals surface area contributed by atoms with Crippen molar-refractivity contribution in [3.63, 3.8) is 0 Å². The van der Waals surface area contributed by atoms with Gasteiger partial charge in [-0.05, 0) is 56.0 Å². The highest BCUT2D eigenvalue weighted by molar-refractivity contribution is 7.17. The van der Waals surface area contributed by atoms with Crippen LogP contribution < -0.4 is 15.8 Å². The van der Waals surface area contributed by atoms with Crippen molar-refractivity contribution in [1.29, 1.82) is 0 Å². The summed E-state index contributed by atoms with van der Waals surface area (Å²) in [7, 11) is 0. The van der Waals surface area contributed by atoms with Gasteiger partial charge >= 0.3 is 6.09 Å². The van der Waals surface area contributed by atoms with E-state index in [9.17, 15) is 14.0 Å². The van der Waals surface area contributed by atoms with Gasteiger partial charge in [-0.15, -0.1) is 21.5 Å². The monoisotopic (exact) mass is 566 g/mol. The third-order valence-corrected chi connectivity index (χ3v) is 6.48. The summed E-state index contributed by atoms with van der Waals surface area (Å²) < 4.78 is 31.6. The number of hydrogen-bond donors (Lipinski definition) is 2. The third kappa shape index (κ3) is 7.73. The van der Waals surface area contributed by atoms with Gasteiger partial charge in [0.25, 0.3) is 0 Å². The highest BCUT2D eigenvalue weighted by Crippen LogP contribution is 2.39. The average molecular weight is 567 g/mol. The van der Waals surface area contributed by atoms with Gasteiger partial charge in [0.1, 0.15) is 35.2 Å². The van der Waals surface area contributed by atoms with Gasteiger partial charge in [-0.1, -0.05) is 18.2 Å². The standard InChI is InChI=1S/C29H31FN4O5S/c1-29(2,3)39-28(36)32-10-11-37-12-13-38-23-17-20(30)7-8-21(23)26-27-22(9-14-40-27)25(33-34-26)19-6-4-5-18(15-19)16-24(31)35/h4-9,14-15,17H,10-13,16H2,1-3H3,(H2,31,35)(H,32,36). The van der Waals surface area contributed by atoms with E-state index in [4.69, 9.17) is 19.9 Å². The van der Waals surface area contributed by atoms with E-state index in [0.717, 1.165) is 21.2 Å². The highest BCUT2D eigenvalue weighted by Gasteiger charge is 2.18. The molecule has 4 aromatic rings. The van der Waals surface area contributed by atoms with Crippen molar-refractivity contribution < 1.29 is 28.2 Å². The molecule has 0 aliphatic carbocycles. The maximum atomic E-state index is 14.2. The number of nitrogens with two attached hydrogens (primary N) is 1. The second kappa shape index (κ2) is 12.8. The van der Waals surface area contributed by atoms with Crippen LogP contribution in [0.2, 0.25) is 0 Å². The number of benzene rings is 2. The number of nitrogens with one attached hydrogen (secondary N) is 1. The molecular weight excluding hydrogens is 535 g/mol. The van der Waals surface area contributed by atoms with Gasteiger partial charge in [0.05, 0.1) is 24.3 Å². The van der Waals surface area contributed by atoms with Crippen LogP contribution in [0, 0.1) is 5.82 Å². The molecule has 2 heterocycles. The van der Waals surface area contributed by atoms with Gasteiger partial charge < -0.3 is 25.3 Å². The van der Waals surface area contributed by atoms with Crippen molar-refractivity contribution in [2.45, 2.75) is 32.8 Å². The number of carbonyl (C=O) groups is 2. The number of thiophene rings is 1. The summed E-state index contributed by atoms with van der Waals surface area (Å²) in [5, 5.41) is 14.4. The predicted molar refractivity (Wildman–Crippen MR) is 152 cm³/mol. The normalized spacial score (nSPS) is 11.4. The lowest BCUT2D eigenvalue weighted by Gasteiger charge is -2.19. The number of aromatic nitrogens is 2. The first-order chi connectivity index (χ1) is 19.1. The Kier molecular flexibility index (Phi) is 9.28. The van der Waals surface area contributed by atoms with Crippen LogP contribution in [0.5, 0.6) is 5.75 Å². The van der Waals surface area contributed by atoms with E-state index < -0.39 is 23.4 Å². The van der Waals surface area contributed by atoms with Crippen molar-refractivity contribution in [2.75, 3.05) is 26.4 Å². The lowest BCUT2D eigenvalue weighted by Crippen LogP contribution is -2.34. The Morgan fingerprint density at radius 3 is 2.60 bits per heavy atom. The summed E-state index contributed by atoms with van der Waals surface area (Å²) in [4.78, 5) is 23.1. The largest absolute Gasteiger partial charge is 0.490 e. The zero-order valence-corrected chi connectivity index (χ0v) is 23.3. The second-order valence-corrected chi connectivity index (χ2v) is 10.9. The number of carbonyl (C=O) groups excluding carboxylic acids is 2. The first-order valence-corrected chi connectivity index (χ1v) is 13.6. The van der Waals surface area contributed by atoms with E-state index >= 15 is 0 Å². The lowest BCUT2D eigenvalue weighted by atomic mass is 10.0. The summed E-state index contributed by atoms with van der Waals surface area (Å²) in [5.41, 5.74) is 8.23. The number of ether oxygens (including phenoxy) is 3. The van der Waals surface area contributed by atoms with Gasteiger partial charge in [-0.2, -0.15) is 0 Å². The summed E-state index contributed by atoms with van der Waals surface area (Å²) in [5.74, 6) is -0.541. The molecule has 0 radical (unpaired) electrons. The molecule has 0 spiro atoms. The van der Waals surface area contributed by atoms with Crippen LogP contribution in [0.1, 0.15) is 26.3 Å². The molecule has 4 rings (SSSR count). The van der Waals surface area contributed by atoms with Crippen molar-refractivity contribution in [3.05, 3.63) is 65.3 Å². The molecule has 0 atom stereocenters. The third-order valence-electron chi connectivity index (χ3n) is 5.56. The van der Waals surface area contributed by atoms with E-state index in [-0.39, 0.29) is 32.8 Å². The molecule has 0 aliphatic rings. The SMILES string of the molecule is CC(C)(C)OC(=O)NCCOCCOc1cc(F)ccc1-c1nnc(-c2cccc(CC(N)=O)c2)c2ccsc12. The van der Waals surface area contributed by atoms with E-state index in [1.807, 2.05) is 35.7 Å². The summed E-state index contributed by atoms with van der Waals surface area (Å²) >= 11 is 1.49. The molecule has 3 N–H and O–H groups in total. The van der Waals surface area contributed by atoms with Crippen LogP contribution in [0.25, 0.3) is 32.6 Å². The number of alkyl carbamates (subject to hydrolysis) is 1. The number of nitrogens with zero attached hydrogens (tertiary/aromatic N) is 2. The highest BCUT2D eigenvalue weighted by atomic mass is 32.1. The predicted octanol–water partition coefficient (Wildman–Crippen LogP) is 5.11. The Labute approximate surface area is 235 Å². The molecule has 2 amide bonds. The number of amides is 2. The van der Waals surface area contributed by atoms with Crippen LogP contribution in [0.3, 0.4) is 0 Å². The Hall–Kier alpha value is -4.09. The number of rotatable bonds is 11. The van der Waals surface area contributed by atoms with Crippen LogP contribution in [0.4, 0.5) is 9.18 Å². The second-order valence-electron chi connectivity index (χ2n) is 9.93. The number of halogens is 1. The van der Waals surface area contributed by atoms with Crippen molar-refractivity contribution in [2.24, 2.45) is 5.73 Å². The minimum atomic E-state index is -0.571. The zero-order valence-electron chi connectivity index (χ0n) is 22.5. The fourth-order valence-electron chi connectivity index (χ4n) is 3.96.